The average molecular weight is 429 g/mol. The van der Waals surface area contributed by atoms with Gasteiger partial charge in [0.2, 0.25) is 10.0 Å². The van der Waals surface area contributed by atoms with Gasteiger partial charge in [0.1, 0.15) is 5.82 Å². The van der Waals surface area contributed by atoms with Crippen LogP contribution in [0.2, 0.25) is 5.02 Å². The molecular weight excluding hydrogens is 407 g/mol. The molecule has 4 heterocycles. The summed E-state index contributed by atoms with van der Waals surface area (Å²) in [6.45, 7) is 2.37. The summed E-state index contributed by atoms with van der Waals surface area (Å²) in [5, 5.41) is 0.303. The molecule has 7 nitrogen and oxygen atoms in total. The topological polar surface area (TPSA) is 82.6 Å². The van der Waals surface area contributed by atoms with Crippen LogP contribution >= 0.6 is 11.6 Å². The molecule has 3 aliphatic heterocycles. The van der Waals surface area contributed by atoms with Crippen LogP contribution in [0.1, 0.15) is 25.0 Å². The molecule has 0 unspecified atom stereocenters. The van der Waals surface area contributed by atoms with Crippen molar-refractivity contribution in [3.05, 3.63) is 28.8 Å². The van der Waals surface area contributed by atoms with Crippen molar-refractivity contribution in [2.45, 2.75) is 31.2 Å². The number of carbonyl (C=O) groups is 1. The molecule has 10 heteroatoms. The maximum absolute atomic E-state index is 13.9. The van der Waals surface area contributed by atoms with Gasteiger partial charge in [-0.3, -0.25) is 4.98 Å². The molecule has 28 heavy (non-hydrogen) atoms. The summed E-state index contributed by atoms with van der Waals surface area (Å²) in [6.07, 6.45) is 4.60. The van der Waals surface area contributed by atoms with E-state index < -0.39 is 15.6 Å². The van der Waals surface area contributed by atoms with Crippen molar-refractivity contribution in [3.8, 4) is 0 Å². The summed E-state index contributed by atoms with van der Waals surface area (Å²) in [6, 6.07) is 1.29. The number of halogens is 2. The number of rotatable bonds is 2. The van der Waals surface area contributed by atoms with Crippen molar-refractivity contribution < 1.29 is 17.6 Å². The second kappa shape index (κ2) is 6.03. The van der Waals surface area contributed by atoms with Crippen molar-refractivity contribution in [2.75, 3.05) is 31.9 Å². The number of nitrogens with one attached hydrogen (secondary N) is 1. The van der Waals surface area contributed by atoms with Crippen LogP contribution in [0.15, 0.2) is 12.3 Å². The van der Waals surface area contributed by atoms with Crippen LogP contribution in [0, 0.1) is 17.2 Å². The van der Waals surface area contributed by atoms with E-state index in [2.05, 4.69) is 9.71 Å². The van der Waals surface area contributed by atoms with E-state index in [0.717, 1.165) is 25.9 Å². The maximum atomic E-state index is 13.9. The number of sulfonamides is 1. The normalized spacial score (nSPS) is 26.8. The highest BCUT2D eigenvalue weighted by Crippen LogP contribution is 2.53. The summed E-state index contributed by atoms with van der Waals surface area (Å²) < 4.78 is 39.8. The lowest BCUT2D eigenvalue weighted by molar-refractivity contribution is -0.0825. The molecule has 1 aliphatic carbocycles. The lowest BCUT2D eigenvalue weighted by atomic mass is 9.57. The van der Waals surface area contributed by atoms with E-state index in [4.69, 9.17) is 11.6 Å². The van der Waals surface area contributed by atoms with Crippen molar-refractivity contribution in [1.82, 2.24) is 19.5 Å². The Hall–Kier alpha value is -1.45. The van der Waals surface area contributed by atoms with Crippen LogP contribution in [0.5, 0.6) is 0 Å². The van der Waals surface area contributed by atoms with E-state index in [-0.39, 0.29) is 23.0 Å². The average Bonchev–Trinajstić information content (AvgIpc) is 2.84. The van der Waals surface area contributed by atoms with Crippen LogP contribution in [0.25, 0.3) is 0 Å². The van der Waals surface area contributed by atoms with Gasteiger partial charge in [-0.05, 0) is 37.7 Å². The smallest absolute Gasteiger partial charge is 0.320 e. The molecule has 0 aromatic carbocycles. The first kappa shape index (κ1) is 18.6. The van der Waals surface area contributed by atoms with Crippen LogP contribution in [0.4, 0.5) is 9.18 Å². The molecule has 4 fully saturated rings. The third-order valence-corrected chi connectivity index (χ3v) is 8.30. The molecule has 1 aromatic rings. The van der Waals surface area contributed by atoms with E-state index in [1.165, 1.54) is 12.3 Å². The van der Waals surface area contributed by atoms with Crippen LogP contribution in [-0.4, -0.2) is 66.7 Å². The molecule has 0 radical (unpaired) electrons. The highest BCUT2D eigenvalue weighted by Gasteiger charge is 2.57. The molecule has 2 amide bonds. The van der Waals surface area contributed by atoms with Gasteiger partial charge in [0.05, 0.1) is 22.0 Å². The minimum Gasteiger partial charge on any atom is -0.323 e. The predicted molar refractivity (Wildman–Crippen MR) is 101 cm³/mol. The Kier molecular flexibility index (Phi) is 4.00. The van der Waals surface area contributed by atoms with Gasteiger partial charge in [-0.25, -0.2) is 22.3 Å². The summed E-state index contributed by atoms with van der Waals surface area (Å²) in [5.74, 6) is 0.181. The molecule has 5 rings (SSSR count). The molecule has 1 aromatic heterocycles. The summed E-state index contributed by atoms with van der Waals surface area (Å²) in [7, 11) is -3.17. The van der Waals surface area contributed by atoms with E-state index in [9.17, 15) is 17.6 Å². The van der Waals surface area contributed by atoms with Gasteiger partial charge in [0, 0.05) is 37.8 Å². The Morgan fingerprint density at radius 1 is 1.29 bits per heavy atom. The first-order chi connectivity index (χ1) is 13.2. The fourth-order valence-electron chi connectivity index (χ4n) is 5.34. The summed E-state index contributed by atoms with van der Waals surface area (Å²) in [4.78, 5) is 20.2. The van der Waals surface area contributed by atoms with E-state index >= 15 is 0 Å². The summed E-state index contributed by atoms with van der Waals surface area (Å²) >= 11 is 5.74. The zero-order valence-electron chi connectivity index (χ0n) is 15.3. The maximum Gasteiger partial charge on any atom is 0.320 e. The van der Waals surface area contributed by atoms with Crippen molar-refractivity contribution >= 4 is 27.7 Å². The first-order valence-electron chi connectivity index (χ1n) is 9.52. The van der Waals surface area contributed by atoms with Gasteiger partial charge in [-0.1, -0.05) is 11.6 Å². The second-order valence-corrected chi connectivity index (χ2v) is 11.3. The van der Waals surface area contributed by atoms with Crippen molar-refractivity contribution in [3.63, 3.8) is 0 Å². The molecule has 1 saturated carbocycles. The van der Waals surface area contributed by atoms with E-state index in [1.54, 1.807) is 4.90 Å². The van der Waals surface area contributed by atoms with Crippen LogP contribution < -0.4 is 4.72 Å². The highest BCUT2D eigenvalue weighted by atomic mass is 35.5. The quantitative estimate of drug-likeness (QED) is 0.776. The Labute approximate surface area is 168 Å². The van der Waals surface area contributed by atoms with Gasteiger partial charge < -0.3 is 9.80 Å². The second-order valence-electron chi connectivity index (χ2n) is 9.01. The third-order valence-electron chi connectivity index (χ3n) is 6.61. The first-order valence-corrected chi connectivity index (χ1v) is 11.6. The van der Waals surface area contributed by atoms with Gasteiger partial charge in [-0.2, -0.15) is 0 Å². The van der Waals surface area contributed by atoms with Gasteiger partial charge in [0.15, 0.2) is 0 Å². The monoisotopic (exact) mass is 428 g/mol. The molecule has 0 atom stereocenters. The predicted octanol–water partition coefficient (Wildman–Crippen LogP) is 1.63. The fraction of sp³-hybridized carbons (Fsp3) is 0.667. The van der Waals surface area contributed by atoms with Crippen molar-refractivity contribution in [2.24, 2.45) is 11.3 Å². The van der Waals surface area contributed by atoms with Crippen LogP contribution in [-0.2, 0) is 16.4 Å². The molecular formula is C18H22ClFN4O3S. The van der Waals surface area contributed by atoms with Gasteiger partial charge >= 0.3 is 6.03 Å². The zero-order chi connectivity index (χ0) is 19.7. The fourth-order valence-corrected chi connectivity index (χ4v) is 7.13. The number of amides is 2. The largest absolute Gasteiger partial charge is 0.323 e. The Balaban J connectivity index is 1.09. The number of pyridine rings is 1. The zero-order valence-corrected chi connectivity index (χ0v) is 16.9. The Bertz CT molecular complexity index is 936. The number of urea groups is 1. The summed E-state index contributed by atoms with van der Waals surface area (Å²) in [5.41, 5.74) is 0.191. The minimum absolute atomic E-state index is 0.00351. The number of hydrogen-bond acceptors (Lipinski definition) is 4. The number of carbonyl (C=O) groups excluding carboxylic acids is 1. The Morgan fingerprint density at radius 2 is 1.96 bits per heavy atom. The lowest BCUT2D eigenvalue weighted by Crippen LogP contribution is -2.73. The van der Waals surface area contributed by atoms with Gasteiger partial charge in [-0.15, -0.1) is 0 Å². The number of nitrogens with zero attached hydrogens (tertiary/aromatic N) is 3. The van der Waals surface area contributed by atoms with E-state index in [1.807, 2.05) is 4.90 Å². The Morgan fingerprint density at radius 3 is 2.57 bits per heavy atom. The molecule has 152 valence electrons. The molecule has 3 saturated heterocycles. The standard InChI is InChI=1S/C18H22ClFN4O3S/c19-13-4-14(20)15(21-7-13)3-12-5-17(6-12)8-23(9-17)16(25)24-10-18(11-24)1-2-28(26,27)22-18/h4,7,12,22H,1-3,5-6,8-11H2. The number of aromatic nitrogens is 1. The van der Waals surface area contributed by atoms with Crippen molar-refractivity contribution in [1.29, 1.82) is 0 Å². The SMILES string of the molecule is O=C(N1CC2(CC(Cc3ncc(Cl)cc3F)C2)C1)N1CC2(CCS(=O)(=O)N2)C1. The number of hydrogen-bond donors (Lipinski definition) is 1. The highest BCUT2D eigenvalue weighted by molar-refractivity contribution is 7.89. The minimum atomic E-state index is -3.17. The lowest BCUT2D eigenvalue weighted by Gasteiger charge is -2.61. The van der Waals surface area contributed by atoms with Crippen LogP contribution in [0.3, 0.4) is 0 Å². The van der Waals surface area contributed by atoms with Gasteiger partial charge in [0.25, 0.3) is 0 Å². The molecule has 4 aliphatic rings. The van der Waals surface area contributed by atoms with E-state index in [0.29, 0.717) is 42.6 Å². The number of likely N-dealkylation sites (tertiary alicyclic amines) is 2. The molecule has 0 bridgehead atoms. The molecule has 2 spiro atoms. The third kappa shape index (κ3) is 3.07. The molecule has 1 N–H and O–H groups in total.